The van der Waals surface area contributed by atoms with Gasteiger partial charge in [-0.3, -0.25) is 0 Å². The Labute approximate surface area is 138 Å². The Morgan fingerprint density at radius 1 is 1.00 bits per heavy atom. The molecule has 2 rings (SSSR count). The number of nitrogens with zero attached hydrogens (tertiary/aromatic N) is 1. The van der Waals surface area contributed by atoms with E-state index >= 15 is 0 Å². The monoisotopic (exact) mass is 297 g/mol. The number of hydrogen-bond donors (Lipinski definition) is 0. The standard InChI is InChI=1S/C22H19N/c1-2-11-22(20-15-7-4-8-16-20)21(18-23)17-10-9-14-19-12-5-3-6-13-19/h3-9,12-16H,10,17H2,1H3/b14-9+,22-21-. The maximum Gasteiger partial charge on any atom is 0.0960 e. The van der Waals surface area contributed by atoms with Gasteiger partial charge in [0.15, 0.2) is 0 Å². The quantitative estimate of drug-likeness (QED) is 0.529. The van der Waals surface area contributed by atoms with Gasteiger partial charge in [0, 0.05) is 11.1 Å². The maximum atomic E-state index is 9.50. The van der Waals surface area contributed by atoms with E-state index in [0.29, 0.717) is 6.42 Å². The van der Waals surface area contributed by atoms with Gasteiger partial charge in [0.25, 0.3) is 0 Å². The molecule has 0 bridgehead atoms. The molecule has 0 N–H and O–H groups in total. The summed E-state index contributed by atoms with van der Waals surface area (Å²) >= 11 is 0. The molecular formula is C22H19N. The highest BCUT2D eigenvalue weighted by Gasteiger charge is 2.06. The summed E-state index contributed by atoms with van der Waals surface area (Å²) in [6, 6.07) is 22.4. The van der Waals surface area contributed by atoms with Crippen LogP contribution in [0.3, 0.4) is 0 Å². The first-order valence-electron chi connectivity index (χ1n) is 7.68. The van der Waals surface area contributed by atoms with E-state index in [0.717, 1.165) is 23.1 Å². The molecule has 0 fully saturated rings. The van der Waals surface area contributed by atoms with Gasteiger partial charge in [-0.2, -0.15) is 5.26 Å². The second-order valence-electron chi connectivity index (χ2n) is 5.06. The van der Waals surface area contributed by atoms with E-state index in [1.165, 1.54) is 5.56 Å². The minimum absolute atomic E-state index is 0.693. The van der Waals surface area contributed by atoms with Crippen LogP contribution in [-0.4, -0.2) is 0 Å². The number of allylic oxidation sites excluding steroid dienone is 3. The molecule has 0 heterocycles. The third kappa shape index (κ3) is 5.03. The number of hydrogen-bond acceptors (Lipinski definition) is 1. The third-order valence-electron chi connectivity index (χ3n) is 3.42. The fourth-order valence-corrected chi connectivity index (χ4v) is 2.30. The molecule has 2 aromatic carbocycles. The van der Waals surface area contributed by atoms with Gasteiger partial charge in [-0.1, -0.05) is 78.7 Å². The molecule has 0 unspecified atom stereocenters. The van der Waals surface area contributed by atoms with Crippen molar-refractivity contribution in [3.05, 3.63) is 83.4 Å². The average Bonchev–Trinajstić information content (AvgIpc) is 2.62. The first kappa shape index (κ1) is 16.3. The summed E-state index contributed by atoms with van der Waals surface area (Å²) in [5.41, 5.74) is 3.75. The van der Waals surface area contributed by atoms with Crippen molar-refractivity contribution in [3.63, 3.8) is 0 Å². The normalized spacial score (nSPS) is 11.3. The van der Waals surface area contributed by atoms with Crippen LogP contribution in [0.2, 0.25) is 0 Å². The van der Waals surface area contributed by atoms with E-state index in [1.807, 2.05) is 48.5 Å². The summed E-state index contributed by atoms with van der Waals surface area (Å²) in [4.78, 5) is 0. The first-order chi connectivity index (χ1) is 11.3. The van der Waals surface area contributed by atoms with Gasteiger partial charge in [0.2, 0.25) is 0 Å². The highest BCUT2D eigenvalue weighted by molar-refractivity contribution is 5.83. The molecular weight excluding hydrogens is 278 g/mol. The van der Waals surface area contributed by atoms with Gasteiger partial charge in [-0.05, 0) is 30.9 Å². The molecule has 0 aromatic heterocycles. The minimum atomic E-state index is 0.693. The second kappa shape index (κ2) is 9.08. The predicted molar refractivity (Wildman–Crippen MR) is 97.1 cm³/mol. The van der Waals surface area contributed by atoms with Gasteiger partial charge in [0.1, 0.15) is 0 Å². The molecule has 0 aliphatic rings. The Morgan fingerprint density at radius 2 is 1.65 bits per heavy atom. The zero-order valence-corrected chi connectivity index (χ0v) is 13.3. The SMILES string of the molecule is CC#C/C(=C(/C#N)CC/C=C/c1ccccc1)c1ccccc1. The largest absolute Gasteiger partial charge is 0.193 e. The fourth-order valence-electron chi connectivity index (χ4n) is 2.30. The zero-order chi connectivity index (χ0) is 16.3. The number of rotatable bonds is 5. The summed E-state index contributed by atoms with van der Waals surface area (Å²) in [7, 11) is 0. The van der Waals surface area contributed by atoms with Gasteiger partial charge < -0.3 is 0 Å². The molecule has 0 saturated carbocycles. The molecule has 0 spiro atoms. The van der Waals surface area contributed by atoms with E-state index in [4.69, 9.17) is 0 Å². The molecule has 0 aliphatic carbocycles. The molecule has 0 aliphatic heterocycles. The molecule has 0 atom stereocenters. The van der Waals surface area contributed by atoms with Crippen LogP contribution in [0.1, 0.15) is 30.9 Å². The van der Waals surface area contributed by atoms with Crippen LogP contribution in [0, 0.1) is 23.2 Å². The van der Waals surface area contributed by atoms with Crippen molar-refractivity contribution < 1.29 is 0 Å². The summed E-state index contributed by atoms with van der Waals surface area (Å²) in [6.07, 6.45) is 5.70. The Morgan fingerprint density at radius 3 is 2.26 bits per heavy atom. The molecule has 0 radical (unpaired) electrons. The number of nitriles is 1. The van der Waals surface area contributed by atoms with E-state index in [-0.39, 0.29) is 0 Å². The predicted octanol–water partition coefficient (Wildman–Crippen LogP) is 5.48. The lowest BCUT2D eigenvalue weighted by Gasteiger charge is -2.04. The third-order valence-corrected chi connectivity index (χ3v) is 3.42. The molecule has 2 aromatic rings. The highest BCUT2D eigenvalue weighted by Crippen LogP contribution is 2.21. The summed E-state index contributed by atoms with van der Waals surface area (Å²) in [5, 5.41) is 9.50. The minimum Gasteiger partial charge on any atom is -0.193 e. The van der Waals surface area contributed by atoms with Crippen LogP contribution in [0.25, 0.3) is 11.6 Å². The van der Waals surface area contributed by atoms with Crippen molar-refractivity contribution >= 4 is 11.6 Å². The average molecular weight is 297 g/mol. The first-order valence-corrected chi connectivity index (χ1v) is 7.68. The number of benzene rings is 2. The Bertz CT molecular complexity index is 779. The zero-order valence-electron chi connectivity index (χ0n) is 13.3. The van der Waals surface area contributed by atoms with Crippen LogP contribution in [0.5, 0.6) is 0 Å². The van der Waals surface area contributed by atoms with E-state index in [9.17, 15) is 5.26 Å². The van der Waals surface area contributed by atoms with Crippen molar-refractivity contribution in [1.29, 1.82) is 5.26 Å². The van der Waals surface area contributed by atoms with Crippen LogP contribution < -0.4 is 0 Å². The van der Waals surface area contributed by atoms with Crippen molar-refractivity contribution in [3.8, 4) is 17.9 Å². The molecule has 1 nitrogen and oxygen atoms in total. The van der Waals surface area contributed by atoms with Gasteiger partial charge in [-0.25, -0.2) is 0 Å². The molecule has 0 amide bonds. The molecule has 0 saturated heterocycles. The summed E-state index contributed by atoms with van der Waals surface area (Å²) in [6.45, 7) is 1.80. The van der Waals surface area contributed by atoms with Crippen molar-refractivity contribution in [2.24, 2.45) is 0 Å². The van der Waals surface area contributed by atoms with E-state index in [1.54, 1.807) is 6.92 Å². The van der Waals surface area contributed by atoms with Crippen LogP contribution in [0.15, 0.2) is 72.3 Å². The van der Waals surface area contributed by atoms with Gasteiger partial charge in [-0.15, -0.1) is 5.92 Å². The lowest BCUT2D eigenvalue weighted by atomic mass is 9.97. The summed E-state index contributed by atoms with van der Waals surface area (Å²) < 4.78 is 0. The van der Waals surface area contributed by atoms with E-state index < -0.39 is 0 Å². The Balaban J connectivity index is 2.14. The highest BCUT2D eigenvalue weighted by atomic mass is 14.3. The summed E-state index contributed by atoms with van der Waals surface area (Å²) in [5.74, 6) is 6.01. The Kier molecular flexibility index (Phi) is 6.45. The topological polar surface area (TPSA) is 23.8 Å². The van der Waals surface area contributed by atoms with Crippen LogP contribution >= 0.6 is 0 Å². The van der Waals surface area contributed by atoms with E-state index in [2.05, 4.69) is 42.2 Å². The van der Waals surface area contributed by atoms with Crippen molar-refractivity contribution in [2.45, 2.75) is 19.8 Å². The van der Waals surface area contributed by atoms with Crippen LogP contribution in [-0.2, 0) is 0 Å². The van der Waals surface area contributed by atoms with Crippen LogP contribution in [0.4, 0.5) is 0 Å². The smallest absolute Gasteiger partial charge is 0.0960 e. The second-order valence-corrected chi connectivity index (χ2v) is 5.06. The Hall–Kier alpha value is -3.03. The fraction of sp³-hybridized carbons (Fsp3) is 0.136. The van der Waals surface area contributed by atoms with Gasteiger partial charge >= 0.3 is 0 Å². The van der Waals surface area contributed by atoms with Gasteiger partial charge in [0.05, 0.1) is 6.07 Å². The maximum absolute atomic E-state index is 9.50. The van der Waals surface area contributed by atoms with Crippen molar-refractivity contribution in [1.82, 2.24) is 0 Å². The lowest BCUT2D eigenvalue weighted by molar-refractivity contribution is 1.02. The molecule has 112 valence electrons. The molecule has 1 heteroatoms. The van der Waals surface area contributed by atoms with Crippen molar-refractivity contribution in [2.75, 3.05) is 0 Å². The lowest BCUT2D eigenvalue weighted by Crippen LogP contribution is -1.89. The molecule has 23 heavy (non-hydrogen) atoms.